The van der Waals surface area contributed by atoms with Gasteiger partial charge in [0, 0.05) is 18.7 Å². The van der Waals surface area contributed by atoms with Crippen LogP contribution in [-0.4, -0.2) is 38.9 Å². The van der Waals surface area contributed by atoms with Crippen LogP contribution in [0.3, 0.4) is 0 Å². The number of aromatic nitrogens is 3. The molecule has 156 valence electrons. The number of anilines is 1. The van der Waals surface area contributed by atoms with Gasteiger partial charge >= 0.3 is 0 Å². The standard InChI is InChI=1S/C23H27N5O2/c1-17-10-13-27(14-11-17)16-18-6-8-19(9-7-18)24-22(29)12-15-28-23(30)20-4-2-3-5-21(20)25-26-28/h2-9,17H,10-16H2,1H3,(H,24,29). The average Bonchev–Trinajstić information content (AvgIpc) is 2.76. The first kappa shape index (κ1) is 20.2. The van der Waals surface area contributed by atoms with Gasteiger partial charge in [-0.2, -0.15) is 0 Å². The minimum atomic E-state index is -0.232. The summed E-state index contributed by atoms with van der Waals surface area (Å²) in [6.45, 7) is 5.75. The molecule has 1 saturated heterocycles. The van der Waals surface area contributed by atoms with Crippen molar-refractivity contribution in [2.24, 2.45) is 5.92 Å². The van der Waals surface area contributed by atoms with E-state index in [1.54, 1.807) is 18.2 Å². The Morgan fingerprint density at radius 1 is 1.10 bits per heavy atom. The van der Waals surface area contributed by atoms with Gasteiger partial charge in [-0.15, -0.1) is 5.10 Å². The Balaban J connectivity index is 1.30. The highest BCUT2D eigenvalue weighted by molar-refractivity contribution is 5.90. The third kappa shape index (κ3) is 4.91. The minimum Gasteiger partial charge on any atom is -0.326 e. The van der Waals surface area contributed by atoms with E-state index in [0.29, 0.717) is 10.9 Å². The minimum absolute atomic E-state index is 0.153. The second-order valence-corrected chi connectivity index (χ2v) is 8.09. The predicted molar refractivity (Wildman–Crippen MR) is 117 cm³/mol. The lowest BCUT2D eigenvalue weighted by Crippen LogP contribution is -2.32. The topological polar surface area (TPSA) is 80.1 Å². The number of benzene rings is 2. The number of amides is 1. The first-order valence-corrected chi connectivity index (χ1v) is 10.5. The molecule has 2 heterocycles. The summed E-state index contributed by atoms with van der Waals surface area (Å²) in [6.07, 6.45) is 2.68. The van der Waals surface area contributed by atoms with Gasteiger partial charge in [0.05, 0.1) is 11.9 Å². The summed E-state index contributed by atoms with van der Waals surface area (Å²) in [5, 5.41) is 11.4. The molecule has 0 spiro atoms. The van der Waals surface area contributed by atoms with Gasteiger partial charge in [0.15, 0.2) is 0 Å². The van der Waals surface area contributed by atoms with E-state index < -0.39 is 0 Å². The Morgan fingerprint density at radius 3 is 2.60 bits per heavy atom. The first-order valence-electron chi connectivity index (χ1n) is 10.5. The molecule has 7 heteroatoms. The van der Waals surface area contributed by atoms with Crippen LogP contribution in [-0.2, 0) is 17.9 Å². The van der Waals surface area contributed by atoms with Crippen molar-refractivity contribution in [3.05, 3.63) is 64.4 Å². The Morgan fingerprint density at radius 2 is 1.83 bits per heavy atom. The number of nitrogens with zero attached hydrogens (tertiary/aromatic N) is 4. The lowest BCUT2D eigenvalue weighted by Gasteiger charge is -2.30. The third-order valence-electron chi connectivity index (χ3n) is 5.70. The SMILES string of the molecule is CC1CCN(Cc2ccc(NC(=O)CCn3nnc4ccccc4c3=O)cc2)CC1. The van der Waals surface area contributed by atoms with Gasteiger partial charge in [-0.1, -0.05) is 36.4 Å². The first-order chi connectivity index (χ1) is 14.6. The lowest BCUT2D eigenvalue weighted by molar-refractivity contribution is -0.116. The summed E-state index contributed by atoms with van der Waals surface area (Å²) in [4.78, 5) is 27.2. The maximum absolute atomic E-state index is 12.4. The quantitative estimate of drug-likeness (QED) is 0.682. The van der Waals surface area contributed by atoms with Gasteiger partial charge < -0.3 is 5.32 Å². The molecular formula is C23H27N5O2. The highest BCUT2D eigenvalue weighted by Crippen LogP contribution is 2.19. The van der Waals surface area contributed by atoms with Crippen molar-refractivity contribution in [3.63, 3.8) is 0 Å². The molecule has 0 atom stereocenters. The Hall–Kier alpha value is -3.06. The number of rotatable bonds is 6. The second-order valence-electron chi connectivity index (χ2n) is 8.09. The Kier molecular flexibility index (Phi) is 6.18. The highest BCUT2D eigenvalue weighted by atomic mass is 16.2. The van der Waals surface area contributed by atoms with Gasteiger partial charge in [0.1, 0.15) is 5.52 Å². The van der Waals surface area contributed by atoms with Crippen LogP contribution in [0.4, 0.5) is 5.69 Å². The number of aryl methyl sites for hydroxylation is 1. The number of nitrogens with one attached hydrogen (secondary N) is 1. The van der Waals surface area contributed by atoms with Crippen LogP contribution in [0.2, 0.25) is 0 Å². The Bertz CT molecular complexity index is 1070. The van der Waals surface area contributed by atoms with E-state index in [4.69, 9.17) is 0 Å². The largest absolute Gasteiger partial charge is 0.326 e. The fourth-order valence-corrected chi connectivity index (χ4v) is 3.77. The number of likely N-dealkylation sites (tertiary alicyclic amines) is 1. The summed E-state index contributed by atoms with van der Waals surface area (Å²) < 4.78 is 1.24. The van der Waals surface area contributed by atoms with Crippen molar-refractivity contribution in [1.82, 2.24) is 19.9 Å². The van der Waals surface area contributed by atoms with Crippen molar-refractivity contribution in [2.45, 2.75) is 39.3 Å². The molecule has 1 aliphatic rings. The Labute approximate surface area is 175 Å². The summed E-state index contributed by atoms with van der Waals surface area (Å²) in [7, 11) is 0. The van der Waals surface area contributed by atoms with E-state index in [0.717, 1.165) is 31.2 Å². The number of hydrogen-bond donors (Lipinski definition) is 1. The fraction of sp³-hybridized carbons (Fsp3) is 0.391. The van der Waals surface area contributed by atoms with Gasteiger partial charge in [-0.25, -0.2) is 4.68 Å². The zero-order chi connectivity index (χ0) is 20.9. The van der Waals surface area contributed by atoms with Gasteiger partial charge in [0.25, 0.3) is 5.56 Å². The van der Waals surface area contributed by atoms with Crippen LogP contribution >= 0.6 is 0 Å². The lowest BCUT2D eigenvalue weighted by atomic mass is 9.99. The van der Waals surface area contributed by atoms with E-state index in [9.17, 15) is 9.59 Å². The van der Waals surface area contributed by atoms with E-state index in [2.05, 4.69) is 39.6 Å². The molecule has 1 N–H and O–H groups in total. The van der Waals surface area contributed by atoms with Crippen molar-refractivity contribution < 1.29 is 4.79 Å². The molecule has 0 radical (unpaired) electrons. The molecule has 3 aromatic rings. The predicted octanol–water partition coefficient (Wildman–Crippen LogP) is 3.05. The summed E-state index contributed by atoms with van der Waals surface area (Å²) in [6, 6.07) is 15.1. The smallest absolute Gasteiger partial charge is 0.277 e. The number of hydrogen-bond acceptors (Lipinski definition) is 5. The molecule has 7 nitrogen and oxygen atoms in total. The average molecular weight is 406 g/mol. The maximum atomic E-state index is 12.4. The monoisotopic (exact) mass is 405 g/mol. The molecule has 0 aliphatic carbocycles. The molecule has 2 aromatic carbocycles. The van der Waals surface area contributed by atoms with Gasteiger partial charge in [-0.05, 0) is 61.7 Å². The van der Waals surface area contributed by atoms with Crippen molar-refractivity contribution in [3.8, 4) is 0 Å². The molecule has 0 unspecified atom stereocenters. The van der Waals surface area contributed by atoms with Gasteiger partial charge in [0.2, 0.25) is 5.91 Å². The van der Waals surface area contributed by atoms with Crippen LogP contribution in [0, 0.1) is 5.92 Å². The molecule has 30 heavy (non-hydrogen) atoms. The highest BCUT2D eigenvalue weighted by Gasteiger charge is 2.15. The molecule has 1 fully saturated rings. The van der Waals surface area contributed by atoms with Crippen molar-refractivity contribution in [1.29, 1.82) is 0 Å². The fourth-order valence-electron chi connectivity index (χ4n) is 3.77. The molecular weight excluding hydrogens is 378 g/mol. The number of carbonyl (C=O) groups excluding carboxylic acids is 1. The zero-order valence-electron chi connectivity index (χ0n) is 17.3. The van der Waals surface area contributed by atoms with Gasteiger partial charge in [-0.3, -0.25) is 14.5 Å². The number of carbonyl (C=O) groups is 1. The molecule has 0 bridgehead atoms. The molecule has 1 aromatic heterocycles. The van der Waals surface area contributed by atoms with E-state index in [-0.39, 0.29) is 24.4 Å². The second kappa shape index (κ2) is 9.17. The van der Waals surface area contributed by atoms with Crippen LogP contribution in [0.5, 0.6) is 0 Å². The maximum Gasteiger partial charge on any atom is 0.277 e. The molecule has 4 rings (SSSR count). The van der Waals surface area contributed by atoms with Crippen LogP contribution < -0.4 is 10.9 Å². The summed E-state index contributed by atoms with van der Waals surface area (Å²) in [5.41, 5.74) is 2.33. The van der Waals surface area contributed by atoms with Crippen molar-refractivity contribution in [2.75, 3.05) is 18.4 Å². The van der Waals surface area contributed by atoms with E-state index in [1.165, 1.54) is 23.1 Å². The molecule has 0 saturated carbocycles. The van der Waals surface area contributed by atoms with Crippen LogP contribution in [0.1, 0.15) is 31.7 Å². The molecule has 1 amide bonds. The third-order valence-corrected chi connectivity index (χ3v) is 5.70. The number of piperidine rings is 1. The van der Waals surface area contributed by atoms with Crippen LogP contribution in [0.25, 0.3) is 10.9 Å². The molecule has 1 aliphatic heterocycles. The zero-order valence-corrected chi connectivity index (χ0v) is 17.3. The van der Waals surface area contributed by atoms with Crippen molar-refractivity contribution >= 4 is 22.5 Å². The normalized spacial score (nSPS) is 15.4. The summed E-state index contributed by atoms with van der Waals surface area (Å²) >= 11 is 0. The van der Waals surface area contributed by atoms with E-state index in [1.807, 2.05) is 18.2 Å². The van der Waals surface area contributed by atoms with Crippen LogP contribution in [0.15, 0.2) is 53.3 Å². The summed E-state index contributed by atoms with van der Waals surface area (Å²) in [5.74, 6) is 0.671. The van der Waals surface area contributed by atoms with E-state index >= 15 is 0 Å². The number of fused-ring (bicyclic) bond motifs is 1.